The molecule has 0 amide bonds. The predicted octanol–water partition coefficient (Wildman–Crippen LogP) is 2.36. The van der Waals surface area contributed by atoms with E-state index in [1.165, 1.54) is 0 Å². The second kappa shape index (κ2) is 4.59. The van der Waals surface area contributed by atoms with Crippen LogP contribution in [0.4, 0.5) is 0 Å². The molecule has 0 spiro atoms. The van der Waals surface area contributed by atoms with Gasteiger partial charge in [-0.1, -0.05) is 12.1 Å². The normalized spacial score (nSPS) is 10.9. The van der Waals surface area contributed by atoms with Crippen molar-refractivity contribution in [3.63, 3.8) is 0 Å². The second-order valence-electron chi connectivity index (χ2n) is 3.99. The molecule has 1 aromatic heterocycles. The fourth-order valence-corrected chi connectivity index (χ4v) is 2.06. The highest BCUT2D eigenvalue weighted by Gasteiger charge is 2.20. The van der Waals surface area contributed by atoms with Crippen molar-refractivity contribution in [1.82, 2.24) is 0 Å². The number of carbonyl (C=O) groups is 1. The van der Waals surface area contributed by atoms with Crippen LogP contribution in [0, 0.1) is 6.92 Å². The van der Waals surface area contributed by atoms with Gasteiger partial charge in [0.2, 0.25) is 5.76 Å². The molecule has 0 fully saturated rings. The zero-order valence-corrected chi connectivity index (χ0v) is 9.56. The molecule has 0 atom stereocenters. The standard InChI is InChI=1S/C13H14O4/c1-8-4-2-6-10-11(8)9(5-3-7-14)12(17-10)13(15)16/h2,4,6,14H,3,5,7H2,1H3,(H,15,16). The number of hydrogen-bond acceptors (Lipinski definition) is 3. The van der Waals surface area contributed by atoms with Crippen LogP contribution in [0.1, 0.15) is 28.1 Å². The van der Waals surface area contributed by atoms with Crippen LogP contribution in [0.2, 0.25) is 0 Å². The SMILES string of the molecule is Cc1cccc2oc(C(=O)O)c(CCCO)c12. The Bertz CT molecular complexity index is 554. The van der Waals surface area contributed by atoms with Gasteiger partial charge in [-0.2, -0.15) is 0 Å². The Kier molecular flexibility index (Phi) is 3.15. The van der Waals surface area contributed by atoms with Gasteiger partial charge in [-0.15, -0.1) is 0 Å². The van der Waals surface area contributed by atoms with Gasteiger partial charge in [-0.25, -0.2) is 4.79 Å². The van der Waals surface area contributed by atoms with E-state index in [1.807, 2.05) is 19.1 Å². The molecular formula is C13H14O4. The third kappa shape index (κ3) is 2.03. The minimum absolute atomic E-state index is 0.0113. The molecule has 0 aliphatic heterocycles. The first-order valence-corrected chi connectivity index (χ1v) is 5.50. The van der Waals surface area contributed by atoms with Crippen LogP contribution in [-0.4, -0.2) is 22.8 Å². The summed E-state index contributed by atoms with van der Waals surface area (Å²) >= 11 is 0. The lowest BCUT2D eigenvalue weighted by Crippen LogP contribution is -2.00. The number of aryl methyl sites for hydroxylation is 2. The number of fused-ring (bicyclic) bond motifs is 1. The summed E-state index contributed by atoms with van der Waals surface area (Å²) in [7, 11) is 0. The summed E-state index contributed by atoms with van der Waals surface area (Å²) in [5.74, 6) is -1.07. The number of rotatable bonds is 4. The number of benzene rings is 1. The van der Waals surface area contributed by atoms with E-state index in [0.717, 1.165) is 10.9 Å². The maximum absolute atomic E-state index is 11.1. The highest BCUT2D eigenvalue weighted by atomic mass is 16.4. The Morgan fingerprint density at radius 2 is 2.18 bits per heavy atom. The summed E-state index contributed by atoms with van der Waals surface area (Å²) in [5, 5.41) is 18.8. The van der Waals surface area contributed by atoms with Gasteiger partial charge in [0, 0.05) is 17.6 Å². The van der Waals surface area contributed by atoms with E-state index in [9.17, 15) is 4.79 Å². The summed E-state index contributed by atoms with van der Waals surface area (Å²) in [6, 6.07) is 5.52. The average Bonchev–Trinajstić information content (AvgIpc) is 2.66. The van der Waals surface area contributed by atoms with Crippen LogP contribution in [0.5, 0.6) is 0 Å². The average molecular weight is 234 g/mol. The molecule has 17 heavy (non-hydrogen) atoms. The molecule has 0 saturated carbocycles. The molecule has 2 aromatic rings. The Morgan fingerprint density at radius 1 is 1.41 bits per heavy atom. The van der Waals surface area contributed by atoms with Gasteiger partial charge in [0.25, 0.3) is 0 Å². The third-order valence-corrected chi connectivity index (χ3v) is 2.80. The molecule has 1 heterocycles. The first kappa shape index (κ1) is 11.7. The largest absolute Gasteiger partial charge is 0.475 e. The smallest absolute Gasteiger partial charge is 0.372 e. The highest BCUT2D eigenvalue weighted by molar-refractivity contribution is 5.96. The molecule has 0 saturated heterocycles. The van der Waals surface area contributed by atoms with Gasteiger partial charge in [0.05, 0.1) is 0 Å². The lowest BCUT2D eigenvalue weighted by molar-refractivity contribution is 0.0663. The van der Waals surface area contributed by atoms with E-state index in [4.69, 9.17) is 14.6 Å². The first-order chi connectivity index (χ1) is 8.15. The number of aliphatic hydroxyl groups is 1. The Labute approximate surface area is 98.5 Å². The molecule has 0 aliphatic rings. The fraction of sp³-hybridized carbons (Fsp3) is 0.308. The van der Waals surface area contributed by atoms with E-state index < -0.39 is 5.97 Å². The Morgan fingerprint density at radius 3 is 2.82 bits per heavy atom. The number of hydrogen-bond donors (Lipinski definition) is 2. The third-order valence-electron chi connectivity index (χ3n) is 2.80. The van der Waals surface area contributed by atoms with E-state index >= 15 is 0 Å². The zero-order valence-electron chi connectivity index (χ0n) is 9.56. The Balaban J connectivity index is 2.64. The summed E-state index contributed by atoms with van der Waals surface area (Å²) < 4.78 is 5.36. The van der Waals surface area contributed by atoms with E-state index in [1.54, 1.807) is 6.07 Å². The summed E-state index contributed by atoms with van der Waals surface area (Å²) in [6.07, 6.45) is 1.04. The van der Waals surface area contributed by atoms with Gasteiger partial charge in [0.15, 0.2) is 0 Å². The molecule has 0 bridgehead atoms. The molecule has 4 nitrogen and oxygen atoms in total. The molecule has 2 rings (SSSR count). The van der Waals surface area contributed by atoms with Crippen LogP contribution in [0.15, 0.2) is 22.6 Å². The molecule has 4 heteroatoms. The molecule has 2 N–H and O–H groups in total. The van der Waals surface area contributed by atoms with Gasteiger partial charge in [-0.05, 0) is 31.4 Å². The molecular weight excluding hydrogens is 220 g/mol. The number of carboxylic acids is 1. The van der Waals surface area contributed by atoms with Crippen LogP contribution in [0.25, 0.3) is 11.0 Å². The lowest BCUT2D eigenvalue weighted by atomic mass is 10.0. The topological polar surface area (TPSA) is 70.7 Å². The van der Waals surface area contributed by atoms with E-state index in [2.05, 4.69) is 0 Å². The van der Waals surface area contributed by atoms with Crippen molar-refractivity contribution in [3.05, 3.63) is 35.1 Å². The predicted molar refractivity (Wildman–Crippen MR) is 63.3 cm³/mol. The van der Waals surface area contributed by atoms with Crippen molar-refractivity contribution in [1.29, 1.82) is 0 Å². The maximum atomic E-state index is 11.1. The lowest BCUT2D eigenvalue weighted by Gasteiger charge is -2.00. The number of aromatic carboxylic acids is 1. The van der Waals surface area contributed by atoms with Crippen LogP contribution in [0.3, 0.4) is 0 Å². The number of aliphatic hydroxyl groups excluding tert-OH is 1. The van der Waals surface area contributed by atoms with Crippen molar-refractivity contribution in [3.8, 4) is 0 Å². The van der Waals surface area contributed by atoms with Gasteiger partial charge < -0.3 is 14.6 Å². The monoisotopic (exact) mass is 234 g/mol. The van der Waals surface area contributed by atoms with Gasteiger partial charge in [-0.3, -0.25) is 0 Å². The summed E-state index contributed by atoms with van der Waals surface area (Å²) in [6.45, 7) is 1.96. The summed E-state index contributed by atoms with van der Waals surface area (Å²) in [5.41, 5.74) is 2.27. The molecule has 1 aromatic carbocycles. The number of carboxylic acid groups (broad SMARTS) is 1. The number of furan rings is 1. The van der Waals surface area contributed by atoms with Crippen molar-refractivity contribution in [2.24, 2.45) is 0 Å². The minimum atomic E-state index is -1.06. The molecule has 90 valence electrons. The zero-order chi connectivity index (χ0) is 12.4. The molecule has 0 unspecified atom stereocenters. The minimum Gasteiger partial charge on any atom is -0.475 e. The van der Waals surface area contributed by atoms with Crippen molar-refractivity contribution in [2.75, 3.05) is 6.61 Å². The fourth-order valence-electron chi connectivity index (χ4n) is 2.06. The van der Waals surface area contributed by atoms with Crippen LogP contribution >= 0.6 is 0 Å². The van der Waals surface area contributed by atoms with Gasteiger partial charge in [0.1, 0.15) is 5.58 Å². The molecule has 0 aliphatic carbocycles. The molecule has 0 radical (unpaired) electrons. The Hall–Kier alpha value is -1.81. The highest BCUT2D eigenvalue weighted by Crippen LogP contribution is 2.29. The van der Waals surface area contributed by atoms with Crippen molar-refractivity contribution >= 4 is 16.9 Å². The summed E-state index contributed by atoms with van der Waals surface area (Å²) in [4.78, 5) is 11.1. The van der Waals surface area contributed by atoms with Crippen molar-refractivity contribution < 1.29 is 19.4 Å². The quantitative estimate of drug-likeness (QED) is 0.851. The second-order valence-corrected chi connectivity index (χ2v) is 3.99. The van der Waals surface area contributed by atoms with Crippen molar-refractivity contribution in [2.45, 2.75) is 19.8 Å². The first-order valence-electron chi connectivity index (χ1n) is 5.50. The van der Waals surface area contributed by atoms with Crippen LogP contribution in [-0.2, 0) is 6.42 Å². The van der Waals surface area contributed by atoms with Gasteiger partial charge >= 0.3 is 5.97 Å². The van der Waals surface area contributed by atoms with Crippen LogP contribution < -0.4 is 0 Å². The maximum Gasteiger partial charge on any atom is 0.372 e. The van der Waals surface area contributed by atoms with E-state index in [-0.39, 0.29) is 12.4 Å². The van der Waals surface area contributed by atoms with E-state index in [0.29, 0.717) is 24.0 Å².